The van der Waals surface area contributed by atoms with E-state index in [-0.39, 0.29) is 6.61 Å². The van der Waals surface area contributed by atoms with Gasteiger partial charge in [-0.05, 0) is 41.7 Å². The summed E-state index contributed by atoms with van der Waals surface area (Å²) in [5.74, 6) is 0. The van der Waals surface area contributed by atoms with E-state index >= 15 is 0 Å². The number of anilines is 1. The Labute approximate surface area is 125 Å². The number of aliphatic hydroxyl groups is 1. The summed E-state index contributed by atoms with van der Waals surface area (Å²) in [6.07, 6.45) is 1.95. The lowest BCUT2D eigenvalue weighted by molar-refractivity contribution is 0.282. The Morgan fingerprint density at radius 1 is 1.10 bits per heavy atom. The van der Waals surface area contributed by atoms with Gasteiger partial charge in [-0.25, -0.2) is 0 Å². The highest BCUT2D eigenvalue weighted by Crippen LogP contribution is 2.29. The summed E-state index contributed by atoms with van der Waals surface area (Å²) in [5.41, 5.74) is 4.65. The highest BCUT2D eigenvalue weighted by molar-refractivity contribution is 5.52. The van der Waals surface area contributed by atoms with E-state index in [0.29, 0.717) is 12.6 Å². The van der Waals surface area contributed by atoms with Crippen molar-refractivity contribution in [2.75, 3.05) is 11.4 Å². The highest BCUT2D eigenvalue weighted by Gasteiger charge is 2.26. The zero-order valence-electron chi connectivity index (χ0n) is 11.9. The maximum absolute atomic E-state index is 9.30. The number of aliphatic hydroxyl groups excluding tert-OH is 1. The van der Waals surface area contributed by atoms with Crippen LogP contribution in [-0.4, -0.2) is 17.7 Å². The van der Waals surface area contributed by atoms with Crippen LogP contribution in [0, 0.1) is 11.3 Å². The molecule has 1 aliphatic carbocycles. The van der Waals surface area contributed by atoms with E-state index in [0.717, 1.165) is 24.1 Å². The molecule has 3 rings (SSSR count). The van der Waals surface area contributed by atoms with E-state index in [2.05, 4.69) is 35.2 Å². The molecule has 0 fully saturated rings. The molecule has 1 N–H and O–H groups in total. The van der Waals surface area contributed by atoms with E-state index < -0.39 is 0 Å². The van der Waals surface area contributed by atoms with Gasteiger partial charge in [0, 0.05) is 11.7 Å². The van der Waals surface area contributed by atoms with Crippen LogP contribution < -0.4 is 4.90 Å². The summed E-state index contributed by atoms with van der Waals surface area (Å²) in [6, 6.07) is 18.9. The van der Waals surface area contributed by atoms with Gasteiger partial charge >= 0.3 is 0 Å². The van der Waals surface area contributed by atoms with Crippen molar-refractivity contribution in [3.63, 3.8) is 0 Å². The molecule has 2 aromatic carbocycles. The predicted molar refractivity (Wildman–Crippen MR) is 83.0 cm³/mol. The van der Waals surface area contributed by atoms with Crippen LogP contribution >= 0.6 is 0 Å². The minimum absolute atomic E-state index is 0.0269. The predicted octanol–water partition coefficient (Wildman–Crippen LogP) is 2.68. The molecule has 21 heavy (non-hydrogen) atoms. The first kappa shape index (κ1) is 13.7. The van der Waals surface area contributed by atoms with Crippen LogP contribution in [0.15, 0.2) is 48.5 Å². The first-order valence-electron chi connectivity index (χ1n) is 7.22. The van der Waals surface area contributed by atoms with Crippen molar-refractivity contribution in [3.05, 3.63) is 65.2 Å². The minimum Gasteiger partial charge on any atom is -0.392 e. The first-order chi connectivity index (χ1) is 10.3. The fourth-order valence-corrected chi connectivity index (χ4v) is 3.10. The van der Waals surface area contributed by atoms with Crippen molar-refractivity contribution in [3.8, 4) is 6.07 Å². The van der Waals surface area contributed by atoms with E-state index in [9.17, 15) is 5.11 Å². The molecule has 0 aliphatic heterocycles. The average molecular weight is 278 g/mol. The molecule has 1 aliphatic rings. The lowest BCUT2D eigenvalue weighted by atomic mass is 10.1. The number of rotatable bonds is 4. The van der Waals surface area contributed by atoms with E-state index in [1.165, 1.54) is 11.1 Å². The number of hydrogen-bond acceptors (Lipinski definition) is 3. The van der Waals surface area contributed by atoms with Crippen molar-refractivity contribution in [2.24, 2.45) is 0 Å². The van der Waals surface area contributed by atoms with Crippen molar-refractivity contribution >= 4 is 5.69 Å². The van der Waals surface area contributed by atoms with Crippen LogP contribution in [0.1, 0.15) is 16.7 Å². The molecule has 3 nitrogen and oxygen atoms in total. The van der Waals surface area contributed by atoms with Gasteiger partial charge in [0.15, 0.2) is 0 Å². The molecule has 0 saturated carbocycles. The first-order valence-corrected chi connectivity index (χ1v) is 7.22. The summed E-state index contributed by atoms with van der Waals surface area (Å²) in [7, 11) is 0. The molecule has 0 saturated heterocycles. The number of hydrogen-bond donors (Lipinski definition) is 1. The molecule has 3 heteroatoms. The summed E-state index contributed by atoms with van der Waals surface area (Å²) in [4.78, 5) is 2.15. The number of nitrogens with zero attached hydrogens (tertiary/aromatic N) is 2. The van der Waals surface area contributed by atoms with E-state index in [1.807, 2.05) is 24.3 Å². The molecule has 0 bridgehead atoms. The second-order valence-corrected chi connectivity index (χ2v) is 5.44. The Morgan fingerprint density at radius 2 is 1.81 bits per heavy atom. The number of benzene rings is 2. The molecular weight excluding hydrogens is 260 g/mol. The standard InChI is InChI=1S/C18H18N2O/c19-8-9-20(17-7-3-4-14(10-17)13-21)18-11-15-5-1-2-6-16(15)12-18/h1-7,10,18,21H,9,11-13H2. The SMILES string of the molecule is N#CCN(c1cccc(CO)c1)C1Cc2ccccc2C1. The Balaban J connectivity index is 1.88. The third-order valence-corrected chi connectivity index (χ3v) is 4.14. The Morgan fingerprint density at radius 3 is 2.43 bits per heavy atom. The van der Waals surface area contributed by atoms with Crippen molar-refractivity contribution in [2.45, 2.75) is 25.5 Å². The summed E-state index contributed by atoms with van der Waals surface area (Å²) < 4.78 is 0. The van der Waals surface area contributed by atoms with Crippen LogP contribution in [0.2, 0.25) is 0 Å². The van der Waals surface area contributed by atoms with Crippen LogP contribution in [0.25, 0.3) is 0 Å². The highest BCUT2D eigenvalue weighted by atomic mass is 16.3. The molecule has 0 unspecified atom stereocenters. The van der Waals surface area contributed by atoms with Crippen LogP contribution in [0.4, 0.5) is 5.69 Å². The van der Waals surface area contributed by atoms with E-state index in [1.54, 1.807) is 0 Å². The Bertz CT molecular complexity index is 650. The summed E-state index contributed by atoms with van der Waals surface area (Å²) in [5, 5.41) is 18.5. The molecule has 0 radical (unpaired) electrons. The second-order valence-electron chi connectivity index (χ2n) is 5.44. The van der Waals surface area contributed by atoms with Crippen LogP contribution in [0.3, 0.4) is 0 Å². The van der Waals surface area contributed by atoms with Gasteiger partial charge < -0.3 is 10.0 Å². The van der Waals surface area contributed by atoms with Gasteiger partial charge in [-0.15, -0.1) is 0 Å². The number of nitriles is 1. The molecule has 0 atom stereocenters. The van der Waals surface area contributed by atoms with Gasteiger partial charge in [-0.2, -0.15) is 5.26 Å². The molecular formula is C18H18N2O. The van der Waals surface area contributed by atoms with Gasteiger partial charge in [0.25, 0.3) is 0 Å². The normalized spacial score (nSPS) is 13.7. The Hall–Kier alpha value is -2.31. The maximum atomic E-state index is 9.30. The third kappa shape index (κ3) is 2.76. The molecule has 0 aromatic heterocycles. The monoisotopic (exact) mass is 278 g/mol. The van der Waals surface area contributed by atoms with Gasteiger partial charge in [0.1, 0.15) is 6.54 Å². The van der Waals surface area contributed by atoms with Crippen LogP contribution in [0.5, 0.6) is 0 Å². The van der Waals surface area contributed by atoms with Gasteiger partial charge in [0.2, 0.25) is 0 Å². The largest absolute Gasteiger partial charge is 0.392 e. The topological polar surface area (TPSA) is 47.3 Å². The molecule has 0 spiro atoms. The maximum Gasteiger partial charge on any atom is 0.106 e. The quantitative estimate of drug-likeness (QED) is 0.875. The molecule has 2 aromatic rings. The number of fused-ring (bicyclic) bond motifs is 1. The lowest BCUT2D eigenvalue weighted by Crippen LogP contribution is -2.36. The van der Waals surface area contributed by atoms with Gasteiger partial charge in [0.05, 0.1) is 12.7 Å². The third-order valence-electron chi connectivity index (χ3n) is 4.14. The average Bonchev–Trinajstić information content (AvgIpc) is 2.96. The van der Waals surface area contributed by atoms with Gasteiger partial charge in [-0.3, -0.25) is 0 Å². The van der Waals surface area contributed by atoms with Crippen molar-refractivity contribution in [1.82, 2.24) is 0 Å². The minimum atomic E-state index is 0.0269. The smallest absolute Gasteiger partial charge is 0.106 e. The zero-order valence-corrected chi connectivity index (χ0v) is 11.9. The lowest BCUT2D eigenvalue weighted by Gasteiger charge is -2.29. The Kier molecular flexibility index (Phi) is 3.89. The second kappa shape index (κ2) is 5.99. The van der Waals surface area contributed by atoms with Crippen LogP contribution in [-0.2, 0) is 19.4 Å². The molecule has 0 heterocycles. The van der Waals surface area contributed by atoms with Crippen molar-refractivity contribution in [1.29, 1.82) is 5.26 Å². The fourth-order valence-electron chi connectivity index (χ4n) is 3.10. The summed E-state index contributed by atoms with van der Waals surface area (Å²) in [6.45, 7) is 0.395. The van der Waals surface area contributed by atoms with Gasteiger partial charge in [-0.1, -0.05) is 36.4 Å². The van der Waals surface area contributed by atoms with E-state index in [4.69, 9.17) is 5.26 Å². The molecule has 0 amide bonds. The fraction of sp³-hybridized carbons (Fsp3) is 0.278. The molecule has 106 valence electrons. The van der Waals surface area contributed by atoms with Crippen molar-refractivity contribution < 1.29 is 5.11 Å². The zero-order chi connectivity index (χ0) is 14.7. The summed E-state index contributed by atoms with van der Waals surface area (Å²) >= 11 is 0.